The minimum absolute atomic E-state index is 0.0134. The summed E-state index contributed by atoms with van der Waals surface area (Å²) in [7, 11) is -10.2. The summed E-state index contributed by atoms with van der Waals surface area (Å²) < 4.78 is 29.5. The molecule has 6 aromatic carbocycles. The van der Waals surface area contributed by atoms with Gasteiger partial charge in [-0.05, 0) is 0 Å². The van der Waals surface area contributed by atoms with Gasteiger partial charge in [0.05, 0.1) is 0 Å². The number of hydrogen-bond acceptors (Lipinski definition) is 5. The van der Waals surface area contributed by atoms with E-state index in [0.29, 0.717) is 40.5 Å². The summed E-state index contributed by atoms with van der Waals surface area (Å²) in [6.45, 7) is 28.0. The van der Waals surface area contributed by atoms with Crippen LogP contribution in [0.1, 0.15) is 196 Å². The molecule has 6 unspecified atom stereocenters. The van der Waals surface area contributed by atoms with E-state index in [9.17, 15) is 23.1 Å². The fraction of sp³-hybridized carbons (Fsp3) is 0.439. The van der Waals surface area contributed by atoms with E-state index in [1.165, 1.54) is 28.8 Å². The summed E-state index contributed by atoms with van der Waals surface area (Å²) in [6.07, 6.45) is 5.31. The molecular weight excluding hydrogens is 828 g/mol. The first kappa shape index (κ1) is 49.5. The van der Waals surface area contributed by atoms with Gasteiger partial charge in [-0.1, -0.05) is 0 Å². The van der Waals surface area contributed by atoms with Crippen LogP contribution in [0.2, 0.25) is 0 Å². The van der Waals surface area contributed by atoms with Crippen LogP contribution in [0.3, 0.4) is 0 Å². The summed E-state index contributed by atoms with van der Waals surface area (Å²) >= 11 is 0. The summed E-state index contributed by atoms with van der Waals surface area (Å²) in [5.41, 5.74) is 8.10. The standard InChI is InChI=1S/C57H75O5PS/c1-14-35(7)42-26-44-30-49(39(11)18-5)53(33-51(44)47(28-42)37(9)16-3)54-32-46(64(61,62)57-23-21-20-22-41(57)13)24-25-55(54)63(58,59,60)56-34-52-45(31-50(56)40(12)19-6)27-43(36(8)15-2)29-48(52)38(10)17-4/h20-40,58-60H,14-19H2,1-13H3. The van der Waals surface area contributed by atoms with Crippen LogP contribution in [-0.2, 0) is 9.84 Å². The van der Waals surface area contributed by atoms with E-state index in [4.69, 9.17) is 0 Å². The second-order valence-corrected chi connectivity index (χ2v) is 24.1. The predicted octanol–water partition coefficient (Wildman–Crippen LogP) is 15.1. The zero-order chi connectivity index (χ0) is 47.1. The number of aryl methyl sites for hydroxylation is 1. The Hall–Kier alpha value is -3.90. The molecule has 0 aliphatic heterocycles. The normalized spacial score (nSPS) is 16.0. The number of benzene rings is 6. The fourth-order valence-corrected chi connectivity index (χ4v) is 13.3. The number of sulfone groups is 1. The average molecular weight is 903 g/mol. The monoisotopic (exact) mass is 903 g/mol. The van der Waals surface area contributed by atoms with Crippen LogP contribution in [-0.4, -0.2) is 23.1 Å². The summed E-state index contributed by atoms with van der Waals surface area (Å²) in [4.78, 5) is 40.3. The second kappa shape index (κ2) is 19.1. The summed E-state index contributed by atoms with van der Waals surface area (Å²) in [6, 6.07) is 28.9. The molecule has 0 heterocycles. The van der Waals surface area contributed by atoms with Crippen molar-refractivity contribution in [1.82, 2.24) is 0 Å². The van der Waals surface area contributed by atoms with Crippen molar-refractivity contribution in [2.24, 2.45) is 0 Å². The van der Waals surface area contributed by atoms with Gasteiger partial charge >= 0.3 is 387 Å². The van der Waals surface area contributed by atoms with E-state index in [2.05, 4.69) is 126 Å². The van der Waals surface area contributed by atoms with Crippen LogP contribution in [0.15, 0.2) is 101 Å². The third kappa shape index (κ3) is 9.12. The molecule has 0 spiro atoms. The van der Waals surface area contributed by atoms with Gasteiger partial charge in [0, 0.05) is 0 Å². The first-order chi connectivity index (χ1) is 30.2. The Morgan fingerprint density at radius 2 is 0.922 bits per heavy atom. The topological polar surface area (TPSA) is 94.8 Å². The quantitative estimate of drug-likeness (QED) is 0.0793. The fourth-order valence-electron chi connectivity index (χ4n) is 9.45. The van der Waals surface area contributed by atoms with Gasteiger partial charge < -0.3 is 0 Å². The van der Waals surface area contributed by atoms with Crippen molar-refractivity contribution < 1.29 is 23.1 Å². The number of rotatable bonds is 17. The zero-order valence-corrected chi connectivity index (χ0v) is 42.6. The number of fused-ring (bicyclic) bond motifs is 2. The maximum atomic E-state index is 14.7. The first-order valence-corrected chi connectivity index (χ1v) is 27.7. The Morgan fingerprint density at radius 1 is 0.469 bits per heavy atom. The van der Waals surface area contributed by atoms with E-state index in [0.717, 1.165) is 64.8 Å². The van der Waals surface area contributed by atoms with E-state index in [1.54, 1.807) is 31.2 Å². The molecule has 6 atom stereocenters. The Morgan fingerprint density at radius 3 is 1.42 bits per heavy atom. The Labute approximate surface area is 385 Å². The van der Waals surface area contributed by atoms with Gasteiger partial charge in [0.2, 0.25) is 0 Å². The van der Waals surface area contributed by atoms with Crippen molar-refractivity contribution in [3.8, 4) is 11.1 Å². The van der Waals surface area contributed by atoms with Crippen LogP contribution < -0.4 is 10.6 Å². The molecule has 0 saturated heterocycles. The van der Waals surface area contributed by atoms with Crippen LogP contribution in [0, 0.1) is 6.92 Å². The van der Waals surface area contributed by atoms with Crippen molar-refractivity contribution >= 4 is 49.3 Å². The molecule has 0 aromatic heterocycles. The molecule has 0 fully saturated rings. The molecule has 6 rings (SSSR count). The summed E-state index contributed by atoms with van der Waals surface area (Å²) in [5.74, 6) is 0.984. The van der Waals surface area contributed by atoms with Gasteiger partial charge in [-0.15, -0.1) is 0 Å². The Balaban J connectivity index is 1.81. The van der Waals surface area contributed by atoms with Crippen LogP contribution in [0.25, 0.3) is 32.7 Å². The van der Waals surface area contributed by atoms with Gasteiger partial charge in [-0.25, -0.2) is 0 Å². The van der Waals surface area contributed by atoms with Crippen molar-refractivity contribution in [3.05, 3.63) is 130 Å². The third-order valence-corrected chi connectivity index (χ3v) is 19.6. The zero-order valence-electron chi connectivity index (χ0n) is 40.9. The maximum absolute atomic E-state index is 14.7. The van der Waals surface area contributed by atoms with Crippen LogP contribution in [0.4, 0.5) is 0 Å². The van der Waals surface area contributed by atoms with Crippen LogP contribution >= 0.6 is 7.28 Å². The minimum atomic E-state index is -6.14. The van der Waals surface area contributed by atoms with E-state index >= 15 is 0 Å². The molecule has 7 heteroatoms. The molecule has 0 bridgehead atoms. The van der Waals surface area contributed by atoms with Crippen molar-refractivity contribution in [2.45, 2.75) is 174 Å². The van der Waals surface area contributed by atoms with Gasteiger partial charge in [0.25, 0.3) is 0 Å². The van der Waals surface area contributed by atoms with Crippen LogP contribution in [0.5, 0.6) is 0 Å². The first-order valence-electron chi connectivity index (χ1n) is 24.1. The molecule has 64 heavy (non-hydrogen) atoms. The van der Waals surface area contributed by atoms with E-state index < -0.39 is 17.1 Å². The van der Waals surface area contributed by atoms with E-state index in [-0.39, 0.29) is 44.1 Å². The Kier molecular flexibility index (Phi) is 14.8. The van der Waals surface area contributed by atoms with Crippen molar-refractivity contribution in [1.29, 1.82) is 0 Å². The van der Waals surface area contributed by atoms with Crippen molar-refractivity contribution in [3.63, 3.8) is 0 Å². The van der Waals surface area contributed by atoms with Crippen molar-refractivity contribution in [2.75, 3.05) is 0 Å². The molecular formula is C57H75O5PS. The molecule has 3 N–H and O–H groups in total. The molecule has 6 aromatic rings. The number of hydrogen-bond donors (Lipinski definition) is 3. The SMILES string of the molecule is CCC(C)c1cc(C(C)CC)c2cc(-c3cc(S(=O)(=O)c4ccccc4C)ccc3P(O)(O)(O)c3cc4c(C(C)CC)cc(C(C)CC)cc4cc3C(C)CC)c(C(C)CC)cc2c1. The average Bonchev–Trinajstić information content (AvgIpc) is 3.30. The molecule has 0 aliphatic carbocycles. The second-order valence-electron chi connectivity index (χ2n) is 19.3. The van der Waals surface area contributed by atoms with Gasteiger partial charge in [-0.3, -0.25) is 0 Å². The molecule has 5 nitrogen and oxygen atoms in total. The molecule has 0 aliphatic rings. The Bertz CT molecular complexity index is 2780. The predicted molar refractivity (Wildman–Crippen MR) is 275 cm³/mol. The molecule has 0 saturated carbocycles. The van der Waals surface area contributed by atoms with Gasteiger partial charge in [0.15, 0.2) is 0 Å². The van der Waals surface area contributed by atoms with Gasteiger partial charge in [0.1, 0.15) is 0 Å². The molecule has 344 valence electrons. The summed E-state index contributed by atoms with van der Waals surface area (Å²) in [5, 5.41) is 4.09. The molecule has 0 radical (unpaired) electrons. The molecule has 0 amide bonds. The van der Waals surface area contributed by atoms with Gasteiger partial charge in [-0.2, -0.15) is 0 Å². The van der Waals surface area contributed by atoms with E-state index in [1.807, 2.05) is 12.1 Å². The third-order valence-electron chi connectivity index (χ3n) is 15.1.